The second-order valence-electron chi connectivity index (χ2n) is 5.21. The largest absolute Gasteiger partial charge is 0.451 e. The predicted octanol–water partition coefficient (Wildman–Crippen LogP) is 2.55. The Labute approximate surface area is 148 Å². The molecule has 0 aliphatic carbocycles. The molecule has 25 heavy (non-hydrogen) atoms. The predicted molar refractivity (Wildman–Crippen MR) is 90.5 cm³/mol. The van der Waals surface area contributed by atoms with Crippen molar-refractivity contribution in [2.24, 2.45) is 7.05 Å². The van der Waals surface area contributed by atoms with Gasteiger partial charge in [0.05, 0.1) is 10.6 Å². The first-order valence-electron chi connectivity index (χ1n) is 7.15. The minimum absolute atomic E-state index is 0.166. The number of carbonyl (C=O) groups is 3. The van der Waals surface area contributed by atoms with Gasteiger partial charge in [-0.2, -0.15) is 5.26 Å². The molecule has 128 valence electrons. The molecule has 1 aromatic carbocycles. The van der Waals surface area contributed by atoms with Gasteiger partial charge in [-0.15, -0.1) is 0 Å². The van der Waals surface area contributed by atoms with Crippen LogP contribution in [-0.4, -0.2) is 28.8 Å². The van der Waals surface area contributed by atoms with Gasteiger partial charge in [0.2, 0.25) is 0 Å². The molecule has 0 fully saturated rings. The molecule has 0 saturated heterocycles. The molecular weight excluding hydrogens is 346 g/mol. The Kier molecular flexibility index (Phi) is 5.57. The number of anilines is 1. The van der Waals surface area contributed by atoms with E-state index in [4.69, 9.17) is 21.6 Å². The number of hydrogen-bond donors (Lipinski definition) is 1. The third-order valence-corrected chi connectivity index (χ3v) is 3.64. The van der Waals surface area contributed by atoms with Gasteiger partial charge in [-0.3, -0.25) is 9.59 Å². The molecule has 1 heterocycles. The van der Waals surface area contributed by atoms with Crippen LogP contribution in [0, 0.1) is 11.3 Å². The molecule has 0 saturated carbocycles. The van der Waals surface area contributed by atoms with Crippen molar-refractivity contribution in [3.8, 4) is 6.07 Å². The number of halogens is 1. The van der Waals surface area contributed by atoms with E-state index in [-0.39, 0.29) is 22.1 Å². The number of nitrogens with one attached hydrogen (secondary N) is 1. The fourth-order valence-electron chi connectivity index (χ4n) is 2.05. The van der Waals surface area contributed by atoms with E-state index in [0.29, 0.717) is 11.3 Å². The summed E-state index contributed by atoms with van der Waals surface area (Å²) in [6.07, 6.45) is 1.51. The molecule has 1 aromatic heterocycles. The molecule has 7 nitrogen and oxygen atoms in total. The van der Waals surface area contributed by atoms with Crippen molar-refractivity contribution in [1.29, 1.82) is 5.26 Å². The Morgan fingerprint density at radius 1 is 1.32 bits per heavy atom. The lowest BCUT2D eigenvalue weighted by Crippen LogP contribution is -2.21. The smallest absolute Gasteiger partial charge is 0.355 e. The number of esters is 1. The first-order chi connectivity index (χ1) is 11.8. The summed E-state index contributed by atoms with van der Waals surface area (Å²) in [5, 5.41) is 11.5. The summed E-state index contributed by atoms with van der Waals surface area (Å²) in [6, 6.07) is 7.73. The number of rotatable bonds is 5. The van der Waals surface area contributed by atoms with Gasteiger partial charge >= 0.3 is 5.97 Å². The normalized spacial score (nSPS) is 10.0. The quantitative estimate of drug-likeness (QED) is 0.653. The molecule has 2 aromatic rings. The number of nitrogens with zero attached hydrogens (tertiary/aromatic N) is 2. The lowest BCUT2D eigenvalue weighted by atomic mass is 10.2. The Hall–Kier alpha value is -3.11. The molecule has 0 radical (unpaired) electrons. The highest BCUT2D eigenvalue weighted by Crippen LogP contribution is 2.20. The zero-order valence-electron chi connectivity index (χ0n) is 13.5. The summed E-state index contributed by atoms with van der Waals surface area (Å²) in [4.78, 5) is 35.2. The fourth-order valence-corrected chi connectivity index (χ4v) is 2.27. The number of nitriles is 1. The lowest BCUT2D eigenvalue weighted by Gasteiger charge is -2.07. The fraction of sp³-hybridized carbons (Fsp3) is 0.176. The number of ketones is 1. The molecule has 1 N–H and O–H groups in total. The average molecular weight is 360 g/mol. The van der Waals surface area contributed by atoms with Gasteiger partial charge < -0.3 is 14.6 Å². The summed E-state index contributed by atoms with van der Waals surface area (Å²) < 4.78 is 6.40. The van der Waals surface area contributed by atoms with Crippen LogP contribution in [0.2, 0.25) is 5.02 Å². The van der Waals surface area contributed by atoms with Crippen LogP contribution in [-0.2, 0) is 16.6 Å². The molecule has 0 aliphatic heterocycles. The Morgan fingerprint density at radius 3 is 2.60 bits per heavy atom. The maximum absolute atomic E-state index is 12.0. The highest BCUT2D eigenvalue weighted by Gasteiger charge is 2.16. The Bertz CT molecular complexity index is 896. The second kappa shape index (κ2) is 7.64. The van der Waals surface area contributed by atoms with Crippen molar-refractivity contribution >= 4 is 34.9 Å². The molecule has 0 bridgehead atoms. The number of hydrogen-bond acceptors (Lipinski definition) is 5. The SMILES string of the molecule is CC(=O)c1cc(C(=O)OCC(=O)Nc2ccc(C#N)c(Cl)c2)n(C)c1. The van der Waals surface area contributed by atoms with E-state index in [1.54, 1.807) is 7.05 Å². The van der Waals surface area contributed by atoms with Crippen LogP contribution in [0.15, 0.2) is 30.5 Å². The molecule has 1 amide bonds. The summed E-state index contributed by atoms with van der Waals surface area (Å²) in [5.41, 5.74) is 1.21. The minimum atomic E-state index is -0.719. The monoisotopic (exact) mass is 359 g/mol. The van der Waals surface area contributed by atoms with Gasteiger partial charge in [-0.1, -0.05) is 11.6 Å². The first kappa shape index (κ1) is 18.2. The number of aromatic nitrogens is 1. The second-order valence-corrected chi connectivity index (χ2v) is 5.62. The van der Waals surface area contributed by atoms with Crippen LogP contribution in [0.5, 0.6) is 0 Å². The highest BCUT2D eigenvalue weighted by molar-refractivity contribution is 6.32. The van der Waals surface area contributed by atoms with E-state index in [9.17, 15) is 14.4 Å². The number of carbonyl (C=O) groups excluding carboxylic acids is 3. The Balaban J connectivity index is 1.96. The van der Waals surface area contributed by atoms with Crippen LogP contribution in [0.1, 0.15) is 33.3 Å². The zero-order valence-corrected chi connectivity index (χ0v) is 14.3. The van der Waals surface area contributed by atoms with Gasteiger partial charge in [0.25, 0.3) is 5.91 Å². The van der Waals surface area contributed by atoms with Gasteiger partial charge in [0.15, 0.2) is 12.4 Å². The van der Waals surface area contributed by atoms with Crippen molar-refractivity contribution in [2.45, 2.75) is 6.92 Å². The average Bonchev–Trinajstić information content (AvgIpc) is 2.95. The van der Waals surface area contributed by atoms with Crippen LogP contribution in [0.3, 0.4) is 0 Å². The lowest BCUT2D eigenvalue weighted by molar-refractivity contribution is -0.119. The van der Waals surface area contributed by atoms with E-state index >= 15 is 0 Å². The number of amides is 1. The summed E-state index contributed by atoms with van der Waals surface area (Å²) in [7, 11) is 1.60. The first-order valence-corrected chi connectivity index (χ1v) is 7.53. The van der Waals surface area contributed by atoms with Gasteiger partial charge in [0.1, 0.15) is 11.8 Å². The molecule has 0 unspecified atom stereocenters. The molecule has 0 atom stereocenters. The maximum atomic E-state index is 12.0. The highest BCUT2D eigenvalue weighted by atomic mass is 35.5. The number of ether oxygens (including phenoxy) is 1. The summed E-state index contributed by atoms with van der Waals surface area (Å²) in [5.74, 6) is -1.46. The number of aryl methyl sites for hydroxylation is 1. The van der Waals surface area contributed by atoms with Crippen molar-refractivity contribution in [3.05, 3.63) is 52.3 Å². The summed E-state index contributed by atoms with van der Waals surface area (Å²) >= 11 is 5.88. The summed E-state index contributed by atoms with van der Waals surface area (Å²) in [6.45, 7) is 0.887. The van der Waals surface area contributed by atoms with Gasteiger partial charge in [-0.25, -0.2) is 4.79 Å². The van der Waals surface area contributed by atoms with Crippen LogP contribution < -0.4 is 5.32 Å². The van der Waals surface area contributed by atoms with Gasteiger partial charge in [-0.05, 0) is 31.2 Å². The third kappa shape index (κ3) is 4.46. The topological polar surface area (TPSA) is 101 Å². The van der Waals surface area contributed by atoms with Crippen LogP contribution >= 0.6 is 11.6 Å². The van der Waals surface area contributed by atoms with Crippen molar-refractivity contribution in [1.82, 2.24) is 4.57 Å². The van der Waals surface area contributed by atoms with E-state index < -0.39 is 18.5 Å². The molecule has 8 heteroatoms. The molecule has 0 spiro atoms. The minimum Gasteiger partial charge on any atom is -0.451 e. The molecular formula is C17H14ClN3O4. The van der Waals surface area contributed by atoms with Gasteiger partial charge in [0, 0.05) is 24.5 Å². The number of benzene rings is 1. The van der Waals surface area contributed by atoms with Crippen LogP contribution in [0.25, 0.3) is 0 Å². The molecule has 0 aliphatic rings. The van der Waals surface area contributed by atoms with E-state index in [1.165, 1.54) is 42.0 Å². The van der Waals surface area contributed by atoms with E-state index in [2.05, 4.69) is 5.32 Å². The maximum Gasteiger partial charge on any atom is 0.355 e. The van der Waals surface area contributed by atoms with Crippen LogP contribution in [0.4, 0.5) is 5.69 Å². The van der Waals surface area contributed by atoms with E-state index in [0.717, 1.165) is 0 Å². The zero-order chi connectivity index (χ0) is 18.6. The third-order valence-electron chi connectivity index (χ3n) is 3.33. The number of Topliss-reactive ketones (excluding diaryl/α,β-unsaturated/α-hetero) is 1. The standard InChI is InChI=1S/C17H14ClN3O4/c1-10(22)12-5-15(21(2)8-12)17(24)25-9-16(23)20-13-4-3-11(7-19)14(18)6-13/h3-6,8H,9H2,1-2H3,(H,20,23). The van der Waals surface area contributed by atoms with Crippen molar-refractivity contribution in [2.75, 3.05) is 11.9 Å². The Morgan fingerprint density at radius 2 is 2.04 bits per heavy atom. The van der Waals surface area contributed by atoms with Crippen molar-refractivity contribution in [3.63, 3.8) is 0 Å². The molecule has 2 rings (SSSR count). The van der Waals surface area contributed by atoms with Crippen molar-refractivity contribution < 1.29 is 19.1 Å². The van der Waals surface area contributed by atoms with E-state index in [1.807, 2.05) is 6.07 Å².